The quantitative estimate of drug-likeness (QED) is 0.453. The van der Waals surface area contributed by atoms with Crippen LogP contribution in [0.1, 0.15) is 62.6 Å². The summed E-state index contributed by atoms with van der Waals surface area (Å²) in [5.41, 5.74) is 3.01. The largest absolute Gasteiger partial charge is 0.492 e. The summed E-state index contributed by atoms with van der Waals surface area (Å²) in [5, 5.41) is 6.90. The lowest BCUT2D eigenvalue weighted by atomic mass is 9.93. The van der Waals surface area contributed by atoms with Crippen molar-refractivity contribution in [1.29, 1.82) is 0 Å². The molecule has 6 heteroatoms. The highest BCUT2D eigenvalue weighted by atomic mass is 16.5. The molecule has 36 heavy (non-hydrogen) atoms. The Morgan fingerprint density at radius 3 is 2.25 bits per heavy atom. The van der Waals surface area contributed by atoms with Gasteiger partial charge in [-0.1, -0.05) is 44.2 Å². The van der Waals surface area contributed by atoms with E-state index in [-0.39, 0.29) is 17.7 Å². The van der Waals surface area contributed by atoms with Crippen molar-refractivity contribution < 1.29 is 14.1 Å². The lowest BCUT2D eigenvalue weighted by Crippen LogP contribution is -2.33. The predicted octanol–water partition coefficient (Wildman–Crippen LogP) is 5.42. The van der Waals surface area contributed by atoms with Crippen LogP contribution >= 0.6 is 0 Å². The van der Waals surface area contributed by atoms with Gasteiger partial charge in [0.1, 0.15) is 18.1 Å². The zero-order valence-corrected chi connectivity index (χ0v) is 21.5. The number of benzene rings is 2. The molecule has 0 unspecified atom stereocenters. The number of hydrogen-bond acceptors (Lipinski definition) is 5. The summed E-state index contributed by atoms with van der Waals surface area (Å²) >= 11 is 0. The Labute approximate surface area is 214 Å². The number of rotatable bonds is 7. The fraction of sp³-hybridized carbons (Fsp3) is 0.400. The molecule has 1 aliphatic rings. The van der Waals surface area contributed by atoms with Gasteiger partial charge in [-0.15, -0.1) is 0 Å². The fourth-order valence-corrected chi connectivity index (χ4v) is 4.01. The van der Waals surface area contributed by atoms with Crippen LogP contribution in [-0.4, -0.2) is 42.2 Å². The molecule has 1 aromatic heterocycles. The van der Waals surface area contributed by atoms with Crippen LogP contribution in [0, 0.1) is 11.8 Å². The van der Waals surface area contributed by atoms with Crippen LogP contribution in [0.4, 0.5) is 5.69 Å². The van der Waals surface area contributed by atoms with Crippen LogP contribution in [0.15, 0.2) is 59.1 Å². The van der Waals surface area contributed by atoms with Gasteiger partial charge in [0.05, 0.1) is 12.1 Å². The molecular formula is C30H35N3O3. The van der Waals surface area contributed by atoms with Crippen molar-refractivity contribution >= 4 is 11.6 Å². The maximum atomic E-state index is 12.4. The molecule has 1 fully saturated rings. The smallest absolute Gasteiger partial charge is 0.230 e. The summed E-state index contributed by atoms with van der Waals surface area (Å²) < 4.78 is 11.2. The van der Waals surface area contributed by atoms with Crippen LogP contribution in [0.2, 0.25) is 0 Å². The van der Waals surface area contributed by atoms with Gasteiger partial charge in [-0.25, -0.2) is 0 Å². The van der Waals surface area contributed by atoms with Gasteiger partial charge in [0, 0.05) is 34.8 Å². The van der Waals surface area contributed by atoms with Crippen LogP contribution in [0.5, 0.6) is 5.75 Å². The first-order valence-electron chi connectivity index (χ1n) is 12.7. The number of anilines is 1. The zero-order valence-electron chi connectivity index (χ0n) is 21.5. The first kappa shape index (κ1) is 25.5. The van der Waals surface area contributed by atoms with E-state index in [2.05, 4.69) is 27.2 Å². The molecule has 0 atom stereocenters. The maximum Gasteiger partial charge on any atom is 0.230 e. The standard InChI is InChI=1S/C30H35N3O3/c1-30(2,3)28-21-26(32-36-28)22-29(34)31-25-13-9-23(10-14-25)7-8-24-11-15-27(16-12-24)35-20-19-33-17-5-4-6-18-33/h9-16,21H,4-6,17-20,22H2,1-3H3,(H,31,34). The summed E-state index contributed by atoms with van der Waals surface area (Å²) in [7, 11) is 0. The Morgan fingerprint density at radius 2 is 1.64 bits per heavy atom. The lowest BCUT2D eigenvalue weighted by Gasteiger charge is -2.26. The maximum absolute atomic E-state index is 12.4. The third-order valence-electron chi connectivity index (χ3n) is 6.14. The Morgan fingerprint density at radius 1 is 1.00 bits per heavy atom. The van der Waals surface area contributed by atoms with Gasteiger partial charge in [0.15, 0.2) is 0 Å². The van der Waals surface area contributed by atoms with E-state index >= 15 is 0 Å². The number of likely N-dealkylation sites (tertiary alicyclic amines) is 1. The van der Waals surface area contributed by atoms with Gasteiger partial charge >= 0.3 is 0 Å². The average Bonchev–Trinajstić information content (AvgIpc) is 3.34. The molecule has 0 radical (unpaired) electrons. The van der Waals surface area contributed by atoms with Crippen molar-refractivity contribution in [1.82, 2.24) is 10.1 Å². The minimum absolute atomic E-state index is 0.138. The zero-order chi connectivity index (χ0) is 25.4. The van der Waals surface area contributed by atoms with Gasteiger partial charge in [-0.05, 0) is 74.5 Å². The number of nitrogens with zero attached hydrogens (tertiary/aromatic N) is 2. The highest BCUT2D eigenvalue weighted by Crippen LogP contribution is 2.23. The van der Waals surface area contributed by atoms with E-state index in [9.17, 15) is 4.79 Å². The minimum Gasteiger partial charge on any atom is -0.492 e. The first-order chi connectivity index (χ1) is 17.3. The number of hydrogen-bond donors (Lipinski definition) is 1. The number of carbonyl (C=O) groups is 1. The number of ether oxygens (including phenoxy) is 1. The molecule has 4 rings (SSSR count). The molecule has 0 spiro atoms. The van der Waals surface area contributed by atoms with E-state index in [4.69, 9.17) is 9.26 Å². The Balaban J connectivity index is 1.24. The van der Waals surface area contributed by atoms with Crippen molar-refractivity contribution in [2.75, 3.05) is 31.6 Å². The Bertz CT molecular complexity index is 1190. The SMILES string of the molecule is CC(C)(C)c1cc(CC(=O)Nc2ccc(C#Cc3ccc(OCCN4CCCCC4)cc3)cc2)no1. The van der Waals surface area contributed by atoms with Crippen molar-refractivity contribution in [2.45, 2.75) is 51.9 Å². The second-order valence-electron chi connectivity index (χ2n) is 10.3. The molecule has 2 aromatic carbocycles. The van der Waals surface area contributed by atoms with Crippen molar-refractivity contribution in [3.63, 3.8) is 0 Å². The molecule has 0 bridgehead atoms. The lowest BCUT2D eigenvalue weighted by molar-refractivity contribution is -0.115. The van der Waals surface area contributed by atoms with Crippen LogP contribution < -0.4 is 10.1 Å². The molecular weight excluding hydrogens is 450 g/mol. The predicted molar refractivity (Wildman–Crippen MR) is 142 cm³/mol. The average molecular weight is 486 g/mol. The number of piperidine rings is 1. The Hall–Kier alpha value is -3.56. The van der Waals surface area contributed by atoms with Gasteiger partial charge in [0.2, 0.25) is 5.91 Å². The summed E-state index contributed by atoms with van der Waals surface area (Å²) in [6.45, 7) is 10.2. The molecule has 6 nitrogen and oxygen atoms in total. The number of aromatic nitrogens is 1. The van der Waals surface area contributed by atoms with E-state index in [0.717, 1.165) is 34.9 Å². The third kappa shape index (κ3) is 7.73. The molecule has 1 amide bonds. The molecule has 0 saturated carbocycles. The fourth-order valence-electron chi connectivity index (χ4n) is 4.01. The first-order valence-corrected chi connectivity index (χ1v) is 12.7. The highest BCUT2D eigenvalue weighted by molar-refractivity contribution is 5.92. The summed E-state index contributed by atoms with van der Waals surface area (Å²) in [5.74, 6) is 7.86. The Kier molecular flexibility index (Phi) is 8.45. The number of carbonyl (C=O) groups excluding carboxylic acids is 1. The van der Waals surface area contributed by atoms with Gasteiger partial charge < -0.3 is 14.6 Å². The van der Waals surface area contributed by atoms with Crippen LogP contribution in [0.3, 0.4) is 0 Å². The third-order valence-corrected chi connectivity index (χ3v) is 6.14. The van der Waals surface area contributed by atoms with Crippen molar-refractivity contribution in [3.05, 3.63) is 77.2 Å². The second-order valence-corrected chi connectivity index (χ2v) is 10.3. The number of amides is 1. The van der Waals surface area contributed by atoms with Gasteiger partial charge in [-0.2, -0.15) is 0 Å². The number of nitrogens with one attached hydrogen (secondary N) is 1. The van der Waals surface area contributed by atoms with E-state index in [1.165, 1.54) is 32.4 Å². The topological polar surface area (TPSA) is 67.6 Å². The van der Waals surface area contributed by atoms with Crippen molar-refractivity contribution in [3.8, 4) is 17.6 Å². The minimum atomic E-state index is -0.138. The van der Waals surface area contributed by atoms with E-state index in [1.807, 2.05) is 75.4 Å². The van der Waals surface area contributed by atoms with Crippen LogP contribution in [-0.2, 0) is 16.6 Å². The summed E-state index contributed by atoms with van der Waals surface area (Å²) in [6.07, 6.45) is 4.11. The summed E-state index contributed by atoms with van der Waals surface area (Å²) in [6, 6.07) is 17.2. The molecule has 1 aliphatic heterocycles. The highest BCUT2D eigenvalue weighted by Gasteiger charge is 2.20. The van der Waals surface area contributed by atoms with Crippen molar-refractivity contribution in [2.24, 2.45) is 0 Å². The van der Waals surface area contributed by atoms with E-state index in [1.54, 1.807) is 0 Å². The molecule has 0 aliphatic carbocycles. The van der Waals surface area contributed by atoms with Gasteiger partial charge in [-0.3, -0.25) is 9.69 Å². The molecule has 188 valence electrons. The van der Waals surface area contributed by atoms with E-state index < -0.39 is 0 Å². The normalized spacial score (nSPS) is 14.1. The molecule has 2 heterocycles. The summed E-state index contributed by atoms with van der Waals surface area (Å²) in [4.78, 5) is 14.8. The second kappa shape index (κ2) is 11.9. The molecule has 1 N–H and O–H groups in total. The monoisotopic (exact) mass is 485 g/mol. The molecule has 1 saturated heterocycles. The van der Waals surface area contributed by atoms with E-state index in [0.29, 0.717) is 12.3 Å². The van der Waals surface area contributed by atoms with Gasteiger partial charge in [0.25, 0.3) is 0 Å². The van der Waals surface area contributed by atoms with Crippen LogP contribution in [0.25, 0.3) is 0 Å². The molecule has 3 aromatic rings.